The predicted octanol–water partition coefficient (Wildman–Crippen LogP) is 0.216. The van der Waals surface area contributed by atoms with Crippen LogP contribution in [-0.2, 0) is 20.0 Å². The molecule has 0 unspecified atom stereocenters. The fourth-order valence-corrected chi connectivity index (χ4v) is 2.86. The first-order valence-electron chi connectivity index (χ1n) is 4.87. The maximum atomic E-state index is 11.8. The zero-order chi connectivity index (χ0) is 14.7. The number of rotatable bonds is 6. The van der Waals surface area contributed by atoms with E-state index in [0.717, 1.165) is 18.5 Å². The summed E-state index contributed by atoms with van der Waals surface area (Å²) in [7, 11) is -7.16. The molecule has 0 saturated heterocycles. The van der Waals surface area contributed by atoms with E-state index in [2.05, 4.69) is 14.4 Å². The minimum absolute atomic E-state index is 0.000593. The normalized spacial score (nSPS) is 12.6. The van der Waals surface area contributed by atoms with Crippen LogP contribution in [0.3, 0.4) is 0 Å². The molecule has 0 aromatic carbocycles. The van der Waals surface area contributed by atoms with Crippen molar-refractivity contribution >= 4 is 43.2 Å². The molecule has 11 heteroatoms. The molecule has 0 spiro atoms. The van der Waals surface area contributed by atoms with E-state index in [9.17, 15) is 16.8 Å². The van der Waals surface area contributed by atoms with Gasteiger partial charge in [0.1, 0.15) is 10.0 Å². The van der Waals surface area contributed by atoms with Gasteiger partial charge < -0.3 is 0 Å². The Labute approximate surface area is 121 Å². The van der Waals surface area contributed by atoms with Gasteiger partial charge in [-0.25, -0.2) is 31.3 Å². The van der Waals surface area contributed by atoms with Crippen LogP contribution in [0.2, 0.25) is 10.2 Å². The average molecular weight is 348 g/mol. The van der Waals surface area contributed by atoms with Gasteiger partial charge in [-0.2, -0.15) is 0 Å². The van der Waals surface area contributed by atoms with Crippen LogP contribution >= 0.6 is 23.2 Å². The first kappa shape index (κ1) is 16.6. The molecular weight excluding hydrogens is 337 g/mol. The van der Waals surface area contributed by atoms with Crippen molar-refractivity contribution in [1.82, 2.24) is 14.4 Å². The Morgan fingerprint density at radius 2 is 1.74 bits per heavy atom. The molecule has 0 amide bonds. The molecule has 0 radical (unpaired) electrons. The van der Waals surface area contributed by atoms with Crippen molar-refractivity contribution in [2.45, 2.75) is 4.90 Å². The summed E-state index contributed by atoms with van der Waals surface area (Å²) in [6, 6.07) is 1.16. The van der Waals surface area contributed by atoms with E-state index in [0.29, 0.717) is 0 Å². The van der Waals surface area contributed by atoms with Crippen LogP contribution < -0.4 is 9.44 Å². The van der Waals surface area contributed by atoms with Crippen LogP contribution in [0.25, 0.3) is 0 Å². The SMILES string of the molecule is CS(=O)(=O)NCCNS(=O)(=O)c1cnc(Cl)c(Cl)c1. The van der Waals surface area contributed by atoms with E-state index in [1.807, 2.05) is 0 Å². The van der Waals surface area contributed by atoms with Crippen LogP contribution in [0.4, 0.5) is 0 Å². The molecule has 0 aliphatic carbocycles. The third-order valence-corrected chi connectivity index (χ3v) is 4.71. The molecule has 0 saturated carbocycles. The van der Waals surface area contributed by atoms with Gasteiger partial charge in [-0.3, -0.25) is 0 Å². The Bertz CT molecular complexity index is 661. The van der Waals surface area contributed by atoms with Gasteiger partial charge in [-0.05, 0) is 6.07 Å². The molecule has 1 aromatic heterocycles. The highest BCUT2D eigenvalue weighted by atomic mass is 35.5. The molecule has 1 heterocycles. The second kappa shape index (κ2) is 6.33. The lowest BCUT2D eigenvalue weighted by Gasteiger charge is -2.07. The maximum absolute atomic E-state index is 11.8. The molecule has 108 valence electrons. The van der Waals surface area contributed by atoms with Gasteiger partial charge in [-0.15, -0.1) is 0 Å². The lowest BCUT2D eigenvalue weighted by molar-refractivity contribution is 0.573. The lowest BCUT2D eigenvalue weighted by Crippen LogP contribution is -2.34. The Hall–Kier alpha value is -0.450. The third-order valence-electron chi connectivity index (χ3n) is 1.86. The van der Waals surface area contributed by atoms with Gasteiger partial charge in [-0.1, -0.05) is 23.2 Å². The summed E-state index contributed by atoms with van der Waals surface area (Å²) >= 11 is 11.2. The minimum atomic E-state index is -3.81. The molecule has 0 atom stereocenters. The van der Waals surface area contributed by atoms with Crippen LogP contribution in [0, 0.1) is 0 Å². The summed E-state index contributed by atoms with van der Waals surface area (Å²) in [6.45, 7) is -0.164. The van der Waals surface area contributed by atoms with E-state index in [4.69, 9.17) is 23.2 Å². The average Bonchev–Trinajstić information content (AvgIpc) is 2.27. The molecule has 1 aromatic rings. The van der Waals surface area contributed by atoms with Crippen molar-refractivity contribution in [3.63, 3.8) is 0 Å². The summed E-state index contributed by atoms with van der Waals surface area (Å²) in [4.78, 5) is 3.46. The zero-order valence-electron chi connectivity index (χ0n) is 9.72. The second-order valence-corrected chi connectivity index (χ2v) is 7.87. The van der Waals surface area contributed by atoms with Crippen molar-refractivity contribution in [2.75, 3.05) is 19.3 Å². The number of hydrogen-bond acceptors (Lipinski definition) is 5. The van der Waals surface area contributed by atoms with Gasteiger partial charge >= 0.3 is 0 Å². The molecule has 19 heavy (non-hydrogen) atoms. The number of halogens is 2. The topological polar surface area (TPSA) is 105 Å². The van der Waals surface area contributed by atoms with E-state index >= 15 is 0 Å². The zero-order valence-corrected chi connectivity index (χ0v) is 12.9. The monoisotopic (exact) mass is 347 g/mol. The molecule has 0 aliphatic rings. The fourth-order valence-electron chi connectivity index (χ4n) is 1.06. The molecule has 1 rings (SSSR count). The summed E-state index contributed by atoms with van der Waals surface area (Å²) in [5, 5.41) is 0.0122. The van der Waals surface area contributed by atoms with Gasteiger partial charge in [0, 0.05) is 19.3 Å². The number of aromatic nitrogens is 1. The van der Waals surface area contributed by atoms with Crippen molar-refractivity contribution < 1.29 is 16.8 Å². The Morgan fingerprint density at radius 3 is 2.26 bits per heavy atom. The van der Waals surface area contributed by atoms with Gasteiger partial charge in [0.2, 0.25) is 20.0 Å². The fraction of sp³-hybridized carbons (Fsp3) is 0.375. The standard InChI is InChI=1S/C8H11Cl2N3O4S2/c1-18(14,15)12-2-3-13-19(16,17)6-4-7(9)8(10)11-5-6/h4-5,12-13H,2-3H2,1H3. The highest BCUT2D eigenvalue weighted by Gasteiger charge is 2.15. The van der Waals surface area contributed by atoms with E-state index in [-0.39, 0.29) is 28.2 Å². The molecule has 2 N–H and O–H groups in total. The molecule has 0 aliphatic heterocycles. The van der Waals surface area contributed by atoms with E-state index in [1.54, 1.807) is 0 Å². The Kier molecular flexibility index (Phi) is 5.53. The lowest BCUT2D eigenvalue weighted by atomic mass is 10.5. The van der Waals surface area contributed by atoms with Gasteiger partial charge in [0.25, 0.3) is 0 Å². The minimum Gasteiger partial charge on any atom is -0.242 e. The predicted molar refractivity (Wildman–Crippen MR) is 72.3 cm³/mol. The summed E-state index contributed by atoms with van der Waals surface area (Å²) in [5.74, 6) is 0. The van der Waals surface area contributed by atoms with Crippen molar-refractivity contribution in [1.29, 1.82) is 0 Å². The number of nitrogens with one attached hydrogen (secondary N) is 2. The largest absolute Gasteiger partial charge is 0.242 e. The van der Waals surface area contributed by atoms with E-state index < -0.39 is 20.0 Å². The molecule has 0 fully saturated rings. The Morgan fingerprint density at radius 1 is 1.16 bits per heavy atom. The summed E-state index contributed by atoms with van der Waals surface area (Å²) in [6.07, 6.45) is 2.03. The van der Waals surface area contributed by atoms with Crippen LogP contribution in [0.5, 0.6) is 0 Å². The first-order valence-corrected chi connectivity index (χ1v) is 9.00. The Balaban J connectivity index is 2.68. The number of pyridine rings is 1. The summed E-state index contributed by atoms with van der Waals surface area (Å²) < 4.78 is 49.5. The third kappa shape index (κ3) is 5.59. The highest BCUT2D eigenvalue weighted by Crippen LogP contribution is 2.21. The molecule has 7 nitrogen and oxygen atoms in total. The highest BCUT2D eigenvalue weighted by molar-refractivity contribution is 7.89. The van der Waals surface area contributed by atoms with Crippen LogP contribution in [0.15, 0.2) is 17.2 Å². The number of nitrogens with zero attached hydrogens (tertiary/aromatic N) is 1. The van der Waals surface area contributed by atoms with Crippen molar-refractivity contribution in [3.8, 4) is 0 Å². The summed E-state index contributed by atoms with van der Waals surface area (Å²) in [5.41, 5.74) is 0. The second-order valence-electron chi connectivity index (χ2n) is 3.51. The smallest absolute Gasteiger partial charge is 0.242 e. The van der Waals surface area contributed by atoms with E-state index in [1.165, 1.54) is 0 Å². The number of hydrogen-bond donors (Lipinski definition) is 2. The quantitative estimate of drug-likeness (QED) is 0.565. The molecular formula is C8H11Cl2N3O4S2. The van der Waals surface area contributed by atoms with Gasteiger partial charge in [0.05, 0.1) is 11.3 Å². The maximum Gasteiger partial charge on any atom is 0.242 e. The first-order chi connectivity index (χ1) is 8.62. The molecule has 0 bridgehead atoms. The van der Waals surface area contributed by atoms with Crippen LogP contribution in [0.1, 0.15) is 0 Å². The number of sulfonamides is 2. The van der Waals surface area contributed by atoms with Crippen LogP contribution in [-0.4, -0.2) is 41.2 Å². The van der Waals surface area contributed by atoms with Crippen molar-refractivity contribution in [2.24, 2.45) is 0 Å². The van der Waals surface area contributed by atoms with Crippen molar-refractivity contribution in [3.05, 3.63) is 22.4 Å². The van der Waals surface area contributed by atoms with Gasteiger partial charge in [0.15, 0.2) is 0 Å².